The number of hydrogen-bond acceptors (Lipinski definition) is 3. The Kier molecular flexibility index (Phi) is 6.32. The molecule has 0 saturated heterocycles. The van der Waals surface area contributed by atoms with Crippen molar-refractivity contribution in [2.75, 3.05) is 25.4 Å². The van der Waals surface area contributed by atoms with Crippen LogP contribution in [0.25, 0.3) is 0 Å². The molecular weight excluding hydrogens is 248 g/mol. The van der Waals surface area contributed by atoms with Crippen LogP contribution in [0.15, 0.2) is 30.3 Å². The van der Waals surface area contributed by atoms with E-state index in [2.05, 4.69) is 28.7 Å². The quantitative estimate of drug-likeness (QED) is 0.778. The third kappa shape index (κ3) is 5.62. The first-order valence-electron chi connectivity index (χ1n) is 6.31. The minimum Gasteiger partial charge on any atom is -0.298 e. The molecule has 1 aromatic carbocycles. The van der Waals surface area contributed by atoms with Gasteiger partial charge in [0.05, 0.1) is 5.75 Å². The summed E-state index contributed by atoms with van der Waals surface area (Å²) in [5, 5.41) is 0. The largest absolute Gasteiger partial charge is 0.298 e. The van der Waals surface area contributed by atoms with Crippen LogP contribution in [-0.4, -0.2) is 38.7 Å². The van der Waals surface area contributed by atoms with Gasteiger partial charge in [0.25, 0.3) is 0 Å². The summed E-state index contributed by atoms with van der Waals surface area (Å²) < 4.78 is 25.2. The summed E-state index contributed by atoms with van der Waals surface area (Å²) in [6.07, 6.45) is 0. The maximum Gasteiger partial charge on any atom is 0.211 e. The molecular formula is C13H22N2O2S. The number of likely N-dealkylation sites (N-methyl/N-ethyl adjacent to an activating group) is 1. The van der Waals surface area contributed by atoms with E-state index in [9.17, 15) is 8.42 Å². The van der Waals surface area contributed by atoms with Gasteiger partial charge in [0.15, 0.2) is 0 Å². The van der Waals surface area contributed by atoms with Crippen LogP contribution in [0.4, 0.5) is 0 Å². The lowest BCUT2D eigenvalue weighted by Crippen LogP contribution is -2.35. The van der Waals surface area contributed by atoms with E-state index in [1.165, 1.54) is 5.56 Å². The van der Waals surface area contributed by atoms with Crippen LogP contribution in [0, 0.1) is 0 Å². The van der Waals surface area contributed by atoms with Gasteiger partial charge in [0.2, 0.25) is 10.0 Å². The molecule has 0 unspecified atom stereocenters. The summed E-state index contributed by atoms with van der Waals surface area (Å²) in [5.41, 5.74) is 1.25. The normalized spacial score (nSPS) is 11.9. The zero-order valence-electron chi connectivity index (χ0n) is 11.1. The molecule has 0 heterocycles. The summed E-state index contributed by atoms with van der Waals surface area (Å²) in [4.78, 5) is 2.22. The lowest BCUT2D eigenvalue weighted by atomic mass is 10.2. The highest BCUT2D eigenvalue weighted by molar-refractivity contribution is 7.89. The van der Waals surface area contributed by atoms with Gasteiger partial charge in [-0.3, -0.25) is 4.90 Å². The number of benzene rings is 1. The van der Waals surface area contributed by atoms with Crippen LogP contribution in [0.3, 0.4) is 0 Å². The molecule has 1 rings (SSSR count). The zero-order valence-corrected chi connectivity index (χ0v) is 11.9. The second-order valence-corrected chi connectivity index (χ2v) is 6.25. The molecule has 0 aromatic heterocycles. The fourth-order valence-corrected chi connectivity index (χ4v) is 2.26. The van der Waals surface area contributed by atoms with Gasteiger partial charge >= 0.3 is 0 Å². The topological polar surface area (TPSA) is 49.4 Å². The lowest BCUT2D eigenvalue weighted by molar-refractivity contribution is 0.285. The Morgan fingerprint density at radius 1 is 1.17 bits per heavy atom. The Labute approximate surface area is 110 Å². The smallest absolute Gasteiger partial charge is 0.211 e. The van der Waals surface area contributed by atoms with Gasteiger partial charge in [0, 0.05) is 19.6 Å². The summed E-state index contributed by atoms with van der Waals surface area (Å²) in [6, 6.07) is 10.2. The molecule has 0 fully saturated rings. The first-order valence-corrected chi connectivity index (χ1v) is 7.96. The fourth-order valence-electron chi connectivity index (χ4n) is 1.65. The van der Waals surface area contributed by atoms with Gasteiger partial charge < -0.3 is 0 Å². The molecule has 1 N–H and O–H groups in total. The maximum absolute atomic E-state index is 11.3. The van der Waals surface area contributed by atoms with E-state index in [0.29, 0.717) is 6.54 Å². The second-order valence-electron chi connectivity index (χ2n) is 4.15. The standard InChI is InChI=1S/C13H22N2O2S/c1-3-15(11-10-14-18(16,17)4-2)12-13-8-6-5-7-9-13/h5-9,14H,3-4,10-12H2,1-2H3. The minimum atomic E-state index is -3.07. The van der Waals surface area contributed by atoms with Gasteiger partial charge in [-0.05, 0) is 19.0 Å². The number of nitrogens with one attached hydrogen (secondary N) is 1. The predicted molar refractivity (Wildman–Crippen MR) is 74.9 cm³/mol. The van der Waals surface area contributed by atoms with Crippen molar-refractivity contribution in [2.45, 2.75) is 20.4 Å². The minimum absolute atomic E-state index is 0.137. The van der Waals surface area contributed by atoms with Crippen molar-refractivity contribution in [1.82, 2.24) is 9.62 Å². The molecule has 0 atom stereocenters. The SMILES string of the molecule is CCN(CCNS(=O)(=O)CC)Cc1ccccc1. The van der Waals surface area contributed by atoms with Crippen molar-refractivity contribution < 1.29 is 8.42 Å². The van der Waals surface area contributed by atoms with Crippen molar-refractivity contribution >= 4 is 10.0 Å². The van der Waals surface area contributed by atoms with E-state index < -0.39 is 10.0 Å². The molecule has 1 aromatic rings. The van der Waals surface area contributed by atoms with Gasteiger partial charge in [-0.25, -0.2) is 13.1 Å². The van der Waals surface area contributed by atoms with Crippen LogP contribution >= 0.6 is 0 Å². The highest BCUT2D eigenvalue weighted by Gasteiger charge is 2.07. The van der Waals surface area contributed by atoms with Crippen LogP contribution < -0.4 is 4.72 Å². The molecule has 0 spiro atoms. The summed E-state index contributed by atoms with van der Waals surface area (Å²) >= 11 is 0. The summed E-state index contributed by atoms with van der Waals surface area (Å²) in [5.74, 6) is 0.137. The molecule has 18 heavy (non-hydrogen) atoms. The highest BCUT2D eigenvalue weighted by atomic mass is 32.2. The molecule has 0 aliphatic rings. The second kappa shape index (κ2) is 7.51. The molecule has 0 saturated carbocycles. The van der Waals surface area contributed by atoms with Crippen LogP contribution in [0.1, 0.15) is 19.4 Å². The van der Waals surface area contributed by atoms with Crippen LogP contribution in [0.5, 0.6) is 0 Å². The average Bonchev–Trinajstić information content (AvgIpc) is 2.38. The van der Waals surface area contributed by atoms with Crippen molar-refractivity contribution in [3.05, 3.63) is 35.9 Å². The molecule has 0 bridgehead atoms. The van der Waals surface area contributed by atoms with Crippen molar-refractivity contribution in [2.24, 2.45) is 0 Å². The number of hydrogen-bond donors (Lipinski definition) is 1. The first-order chi connectivity index (χ1) is 8.57. The molecule has 102 valence electrons. The van der Waals surface area contributed by atoms with Gasteiger partial charge in [0.1, 0.15) is 0 Å². The third-order valence-corrected chi connectivity index (χ3v) is 4.23. The molecule has 5 heteroatoms. The van der Waals surface area contributed by atoms with Gasteiger partial charge in [-0.1, -0.05) is 37.3 Å². The molecule has 4 nitrogen and oxygen atoms in total. The van der Waals surface area contributed by atoms with E-state index in [1.807, 2.05) is 18.2 Å². The number of nitrogens with zero attached hydrogens (tertiary/aromatic N) is 1. The first kappa shape index (κ1) is 15.1. The van der Waals surface area contributed by atoms with E-state index in [1.54, 1.807) is 6.92 Å². The van der Waals surface area contributed by atoms with Crippen molar-refractivity contribution in [3.63, 3.8) is 0 Å². The fraction of sp³-hybridized carbons (Fsp3) is 0.538. The van der Waals surface area contributed by atoms with Gasteiger partial charge in [-0.2, -0.15) is 0 Å². The predicted octanol–water partition coefficient (Wildman–Crippen LogP) is 1.45. The monoisotopic (exact) mass is 270 g/mol. The van der Waals surface area contributed by atoms with Crippen molar-refractivity contribution in [1.29, 1.82) is 0 Å². The Balaban J connectivity index is 2.39. The Bertz CT molecular complexity index is 432. The summed E-state index contributed by atoms with van der Waals surface area (Å²) in [6.45, 7) is 6.68. The van der Waals surface area contributed by atoms with E-state index in [0.717, 1.165) is 19.6 Å². The Hall–Kier alpha value is -0.910. The van der Waals surface area contributed by atoms with E-state index in [4.69, 9.17) is 0 Å². The van der Waals surface area contributed by atoms with Crippen LogP contribution in [-0.2, 0) is 16.6 Å². The number of rotatable bonds is 8. The van der Waals surface area contributed by atoms with Crippen molar-refractivity contribution in [3.8, 4) is 0 Å². The molecule has 0 amide bonds. The molecule has 0 radical (unpaired) electrons. The molecule has 0 aliphatic carbocycles. The zero-order chi connectivity index (χ0) is 13.4. The lowest BCUT2D eigenvalue weighted by Gasteiger charge is -2.20. The van der Waals surface area contributed by atoms with E-state index >= 15 is 0 Å². The molecule has 0 aliphatic heterocycles. The van der Waals surface area contributed by atoms with Crippen LogP contribution in [0.2, 0.25) is 0 Å². The Morgan fingerprint density at radius 2 is 1.83 bits per heavy atom. The summed E-state index contributed by atoms with van der Waals surface area (Å²) in [7, 11) is -3.07. The maximum atomic E-state index is 11.3. The third-order valence-electron chi connectivity index (χ3n) is 2.83. The average molecular weight is 270 g/mol. The number of sulfonamides is 1. The van der Waals surface area contributed by atoms with Gasteiger partial charge in [-0.15, -0.1) is 0 Å². The Morgan fingerprint density at radius 3 is 2.39 bits per heavy atom. The van der Waals surface area contributed by atoms with E-state index in [-0.39, 0.29) is 5.75 Å². The highest BCUT2D eigenvalue weighted by Crippen LogP contribution is 2.03.